The number of aryl methyl sites for hydroxylation is 1. The van der Waals surface area contributed by atoms with Crippen molar-refractivity contribution >= 4 is 11.8 Å². The van der Waals surface area contributed by atoms with E-state index in [0.29, 0.717) is 5.92 Å². The zero-order valence-corrected chi connectivity index (χ0v) is 15.3. The van der Waals surface area contributed by atoms with E-state index >= 15 is 0 Å². The Morgan fingerprint density at radius 3 is 2.42 bits per heavy atom. The quantitative estimate of drug-likeness (QED) is 0.804. The molecule has 1 heterocycles. The number of rotatable bonds is 4. The number of pyridine rings is 1. The first-order valence-corrected chi connectivity index (χ1v) is 10.2. The van der Waals surface area contributed by atoms with Crippen molar-refractivity contribution in [2.75, 3.05) is 6.26 Å². The van der Waals surface area contributed by atoms with Gasteiger partial charge in [0, 0.05) is 21.6 Å². The predicted octanol–water partition coefficient (Wildman–Crippen LogP) is 4.90. The number of aromatic amines is 1. The van der Waals surface area contributed by atoms with Crippen LogP contribution in [-0.4, -0.2) is 11.2 Å². The maximum absolute atomic E-state index is 12.2. The Morgan fingerprint density at radius 2 is 1.79 bits per heavy atom. The molecule has 1 N–H and O–H groups in total. The third kappa shape index (κ3) is 2.54. The Hall–Kier alpha value is -1.48. The van der Waals surface area contributed by atoms with Crippen molar-refractivity contribution in [2.45, 2.75) is 49.3 Å². The molecule has 4 rings (SSSR count). The van der Waals surface area contributed by atoms with Gasteiger partial charge in [0.2, 0.25) is 0 Å². The molecule has 2 aliphatic rings. The molecule has 1 aromatic carbocycles. The van der Waals surface area contributed by atoms with Gasteiger partial charge in [-0.1, -0.05) is 43.9 Å². The van der Waals surface area contributed by atoms with Gasteiger partial charge in [-0.3, -0.25) is 4.79 Å². The van der Waals surface area contributed by atoms with E-state index in [4.69, 9.17) is 0 Å². The number of hydrogen-bond acceptors (Lipinski definition) is 2. The molecule has 0 aliphatic heterocycles. The number of benzene rings is 1. The lowest BCUT2D eigenvalue weighted by molar-refractivity contribution is 0.442. The minimum absolute atomic E-state index is 0.0266. The first kappa shape index (κ1) is 16.0. The summed E-state index contributed by atoms with van der Waals surface area (Å²) in [6, 6.07) is 13.1. The summed E-state index contributed by atoms with van der Waals surface area (Å²) in [5, 5.41) is 0. The fourth-order valence-electron chi connectivity index (χ4n) is 4.71. The van der Waals surface area contributed by atoms with Crippen LogP contribution in [0.1, 0.15) is 48.9 Å². The number of thioether (sulfide) groups is 1. The van der Waals surface area contributed by atoms with Gasteiger partial charge in [0.15, 0.2) is 0 Å². The molecular weight excluding hydrogens is 314 g/mol. The average Bonchev–Trinajstić information content (AvgIpc) is 3.13. The van der Waals surface area contributed by atoms with Gasteiger partial charge in [0.25, 0.3) is 5.56 Å². The summed E-state index contributed by atoms with van der Waals surface area (Å²) in [7, 11) is 0. The minimum atomic E-state index is 0.0266. The molecule has 2 fully saturated rings. The standard InChI is InChI=1S/C21H25NOS/c1-14-7-12-19(22-20(14)23)21(13-18(21)15-5-3-4-6-15)16-8-10-17(24-2)11-9-16/h7-12,15,18H,3-6,13H2,1-2H3,(H,22,23)/t18-,21+/m0/s1. The van der Waals surface area contributed by atoms with Crippen molar-refractivity contribution in [3.05, 3.63) is 63.6 Å². The molecule has 2 aliphatic carbocycles. The molecule has 0 bridgehead atoms. The molecule has 2 aromatic rings. The van der Waals surface area contributed by atoms with E-state index in [1.54, 1.807) is 11.8 Å². The topological polar surface area (TPSA) is 32.9 Å². The lowest BCUT2D eigenvalue weighted by atomic mass is 9.84. The van der Waals surface area contributed by atoms with E-state index in [1.165, 1.54) is 42.6 Å². The van der Waals surface area contributed by atoms with E-state index in [9.17, 15) is 4.79 Å². The second-order valence-corrected chi connectivity index (χ2v) is 8.32. The van der Waals surface area contributed by atoms with Gasteiger partial charge in [-0.05, 0) is 55.2 Å². The van der Waals surface area contributed by atoms with Crippen LogP contribution >= 0.6 is 11.8 Å². The van der Waals surface area contributed by atoms with E-state index in [1.807, 2.05) is 13.0 Å². The Labute approximate surface area is 148 Å². The van der Waals surface area contributed by atoms with Crippen molar-refractivity contribution in [2.24, 2.45) is 11.8 Å². The highest BCUT2D eigenvalue weighted by Gasteiger charge is 2.60. The SMILES string of the molecule is CSc1ccc([C@]2(c3ccc(C)c(=O)[nH]3)C[C@H]2C2CCCC2)cc1. The smallest absolute Gasteiger partial charge is 0.251 e. The first-order valence-electron chi connectivity index (χ1n) is 9.00. The van der Waals surface area contributed by atoms with Crippen LogP contribution in [0.2, 0.25) is 0 Å². The van der Waals surface area contributed by atoms with Crippen LogP contribution in [0.5, 0.6) is 0 Å². The molecule has 1 aromatic heterocycles. The van der Waals surface area contributed by atoms with E-state index < -0.39 is 0 Å². The van der Waals surface area contributed by atoms with Crippen LogP contribution in [0.3, 0.4) is 0 Å². The van der Waals surface area contributed by atoms with Crippen molar-refractivity contribution < 1.29 is 0 Å². The highest BCUT2D eigenvalue weighted by Crippen LogP contribution is 2.63. The average molecular weight is 340 g/mol. The predicted molar refractivity (Wildman–Crippen MR) is 101 cm³/mol. The summed E-state index contributed by atoms with van der Waals surface area (Å²) >= 11 is 1.78. The zero-order valence-electron chi connectivity index (χ0n) is 14.5. The number of H-pyrrole nitrogens is 1. The van der Waals surface area contributed by atoms with Crippen LogP contribution in [0.25, 0.3) is 0 Å². The molecule has 2 saturated carbocycles. The summed E-state index contributed by atoms with van der Waals surface area (Å²) in [4.78, 5) is 16.7. The van der Waals surface area contributed by atoms with Crippen molar-refractivity contribution in [1.29, 1.82) is 0 Å². The second-order valence-electron chi connectivity index (χ2n) is 7.44. The van der Waals surface area contributed by atoms with Crippen LogP contribution < -0.4 is 5.56 Å². The van der Waals surface area contributed by atoms with Crippen LogP contribution in [0.15, 0.2) is 46.1 Å². The molecular formula is C21H25NOS. The summed E-state index contributed by atoms with van der Waals surface area (Å²) in [6.07, 6.45) is 8.73. The Kier molecular flexibility index (Phi) is 4.07. The van der Waals surface area contributed by atoms with Crippen LogP contribution in [-0.2, 0) is 5.41 Å². The van der Waals surface area contributed by atoms with Crippen molar-refractivity contribution in [1.82, 2.24) is 4.98 Å². The minimum Gasteiger partial charge on any atom is -0.325 e. The van der Waals surface area contributed by atoms with Gasteiger partial charge in [0.1, 0.15) is 0 Å². The maximum Gasteiger partial charge on any atom is 0.251 e. The molecule has 2 atom stereocenters. The van der Waals surface area contributed by atoms with Gasteiger partial charge < -0.3 is 4.98 Å². The second kappa shape index (κ2) is 6.11. The van der Waals surface area contributed by atoms with E-state index in [0.717, 1.165) is 17.2 Å². The lowest BCUT2D eigenvalue weighted by Gasteiger charge is -2.22. The fraction of sp³-hybridized carbons (Fsp3) is 0.476. The summed E-state index contributed by atoms with van der Waals surface area (Å²) < 4.78 is 0. The lowest BCUT2D eigenvalue weighted by Crippen LogP contribution is -2.22. The molecule has 0 saturated heterocycles. The molecule has 0 radical (unpaired) electrons. The number of hydrogen-bond donors (Lipinski definition) is 1. The molecule has 0 spiro atoms. The van der Waals surface area contributed by atoms with Crippen molar-refractivity contribution in [3.63, 3.8) is 0 Å². The zero-order chi connectivity index (χ0) is 16.7. The van der Waals surface area contributed by atoms with Crippen molar-refractivity contribution in [3.8, 4) is 0 Å². The third-order valence-corrected chi connectivity index (χ3v) is 6.92. The largest absolute Gasteiger partial charge is 0.325 e. The Balaban J connectivity index is 1.77. The van der Waals surface area contributed by atoms with Gasteiger partial charge >= 0.3 is 0 Å². The van der Waals surface area contributed by atoms with Gasteiger partial charge in [-0.15, -0.1) is 11.8 Å². The highest BCUT2D eigenvalue weighted by molar-refractivity contribution is 7.98. The Morgan fingerprint density at radius 1 is 1.08 bits per heavy atom. The molecule has 3 heteroatoms. The first-order chi connectivity index (χ1) is 11.6. The van der Waals surface area contributed by atoms with Crippen LogP contribution in [0.4, 0.5) is 0 Å². The summed E-state index contributed by atoms with van der Waals surface area (Å²) in [6.45, 7) is 1.88. The van der Waals surface area contributed by atoms with Crippen LogP contribution in [0, 0.1) is 18.8 Å². The Bertz CT molecular complexity index is 788. The third-order valence-electron chi connectivity index (χ3n) is 6.18. The molecule has 0 unspecified atom stereocenters. The monoisotopic (exact) mass is 339 g/mol. The molecule has 126 valence electrons. The highest BCUT2D eigenvalue weighted by atomic mass is 32.2. The van der Waals surface area contributed by atoms with Gasteiger partial charge in [-0.25, -0.2) is 0 Å². The molecule has 24 heavy (non-hydrogen) atoms. The van der Waals surface area contributed by atoms with Gasteiger partial charge in [0.05, 0.1) is 0 Å². The molecule has 0 amide bonds. The summed E-state index contributed by atoms with van der Waals surface area (Å²) in [5.74, 6) is 1.49. The van der Waals surface area contributed by atoms with E-state index in [-0.39, 0.29) is 11.0 Å². The summed E-state index contributed by atoms with van der Waals surface area (Å²) in [5.41, 5.74) is 3.37. The molecule has 2 nitrogen and oxygen atoms in total. The number of aromatic nitrogens is 1. The van der Waals surface area contributed by atoms with Gasteiger partial charge in [-0.2, -0.15) is 0 Å². The number of nitrogens with one attached hydrogen (secondary N) is 1. The van der Waals surface area contributed by atoms with E-state index in [2.05, 4.69) is 41.6 Å². The normalized spacial score (nSPS) is 26.7. The fourth-order valence-corrected chi connectivity index (χ4v) is 5.12. The maximum atomic E-state index is 12.2.